The number of allylic oxidation sites excluding steroid dienone is 1. The van der Waals surface area contributed by atoms with E-state index in [4.69, 9.17) is 0 Å². The minimum Gasteiger partial charge on any atom is -0.396 e. The maximum Gasteiger partial charge on any atom is 0.120 e. The van der Waals surface area contributed by atoms with Crippen molar-refractivity contribution < 1.29 is 19.5 Å². The van der Waals surface area contributed by atoms with Gasteiger partial charge in [0.05, 0.1) is 0 Å². The normalized spacial score (nSPS) is 14.1. The lowest BCUT2D eigenvalue weighted by Gasteiger charge is -2.35. The van der Waals surface area contributed by atoms with Crippen LogP contribution in [-0.2, 0) is 14.4 Å². The molecule has 0 aliphatic rings. The second-order valence-corrected chi connectivity index (χ2v) is 3.65. The van der Waals surface area contributed by atoms with Crippen LogP contribution in [0.2, 0.25) is 0 Å². The first-order valence-electron chi connectivity index (χ1n) is 5.08. The molecule has 1 N–H and O–H groups in total. The second-order valence-electron chi connectivity index (χ2n) is 3.65. The summed E-state index contributed by atoms with van der Waals surface area (Å²) in [5, 5.41) is 9.40. The molecule has 0 heterocycles. The Kier molecular flexibility index (Phi) is 7.29. The van der Waals surface area contributed by atoms with Crippen LogP contribution in [0.5, 0.6) is 0 Å². The molecule has 0 bridgehead atoms. The summed E-state index contributed by atoms with van der Waals surface area (Å²) < 4.78 is 0. The van der Waals surface area contributed by atoms with Crippen molar-refractivity contribution in [3.63, 3.8) is 0 Å². The quantitative estimate of drug-likeness (QED) is 0.442. The zero-order valence-corrected chi connectivity index (χ0v) is 9.22. The molecule has 1 atom stereocenters. The highest BCUT2D eigenvalue weighted by atomic mass is 16.3. The van der Waals surface area contributed by atoms with Gasteiger partial charge in [-0.25, -0.2) is 0 Å². The number of rotatable bonds is 10. The molecule has 0 aromatic carbocycles. The fourth-order valence-corrected chi connectivity index (χ4v) is 1.77. The smallest absolute Gasteiger partial charge is 0.120 e. The Morgan fingerprint density at radius 2 is 1.62 bits per heavy atom. The highest BCUT2D eigenvalue weighted by Gasteiger charge is 2.36. The number of hydrogen-bond acceptors (Lipinski definition) is 4. The molecule has 0 aromatic rings. The summed E-state index contributed by atoms with van der Waals surface area (Å²) in [4.78, 5) is 31.7. The Balaban J connectivity index is 5.01. The number of hydrogen-bond donors (Lipinski definition) is 1. The fraction of sp³-hybridized carbons (Fsp3) is 0.500. The third-order valence-corrected chi connectivity index (χ3v) is 2.72. The minimum absolute atomic E-state index is 0.0843. The number of aliphatic hydroxyl groups excluding tert-OH is 1. The van der Waals surface area contributed by atoms with Gasteiger partial charge in [-0.2, -0.15) is 0 Å². The van der Waals surface area contributed by atoms with Gasteiger partial charge in [-0.1, -0.05) is 6.08 Å². The average molecular weight is 225 g/mol. The fourth-order valence-electron chi connectivity index (χ4n) is 1.77. The lowest BCUT2D eigenvalue weighted by Crippen LogP contribution is -2.34. The standard InChI is InChI=1S/C12H17O4/c1-2-5-12(10-16,6-9-15)11(3-7-13)4-8-14/h2,7-9,16H,1,3-6,10H2. The van der Waals surface area contributed by atoms with Gasteiger partial charge in [0, 0.05) is 31.3 Å². The number of carbonyl (C=O) groups excluding carboxylic acids is 3. The topological polar surface area (TPSA) is 71.4 Å². The first kappa shape index (κ1) is 14.7. The first-order valence-corrected chi connectivity index (χ1v) is 5.08. The summed E-state index contributed by atoms with van der Waals surface area (Å²) in [6, 6.07) is 0. The van der Waals surface area contributed by atoms with E-state index in [-0.39, 0.29) is 25.9 Å². The van der Waals surface area contributed by atoms with E-state index >= 15 is 0 Å². The van der Waals surface area contributed by atoms with Crippen LogP contribution < -0.4 is 0 Å². The maximum atomic E-state index is 10.6. The zero-order chi connectivity index (χ0) is 12.4. The monoisotopic (exact) mass is 225 g/mol. The van der Waals surface area contributed by atoms with E-state index in [1.165, 1.54) is 0 Å². The van der Waals surface area contributed by atoms with Gasteiger partial charge in [0.2, 0.25) is 0 Å². The number of aliphatic hydroxyl groups is 1. The molecule has 0 saturated heterocycles. The molecule has 0 amide bonds. The van der Waals surface area contributed by atoms with E-state index < -0.39 is 5.41 Å². The molecule has 16 heavy (non-hydrogen) atoms. The van der Waals surface area contributed by atoms with Crippen LogP contribution in [0.15, 0.2) is 12.7 Å². The third-order valence-electron chi connectivity index (χ3n) is 2.72. The van der Waals surface area contributed by atoms with Gasteiger partial charge in [-0.3, -0.25) is 0 Å². The van der Waals surface area contributed by atoms with E-state index in [9.17, 15) is 19.5 Å². The van der Waals surface area contributed by atoms with E-state index in [2.05, 4.69) is 6.58 Å². The molecule has 0 aromatic heterocycles. The van der Waals surface area contributed by atoms with Crippen molar-refractivity contribution in [2.24, 2.45) is 5.41 Å². The van der Waals surface area contributed by atoms with Crippen LogP contribution in [-0.4, -0.2) is 30.6 Å². The van der Waals surface area contributed by atoms with Gasteiger partial charge in [-0.05, 0) is 12.3 Å². The van der Waals surface area contributed by atoms with Crippen LogP contribution >= 0.6 is 0 Å². The summed E-state index contributed by atoms with van der Waals surface area (Å²) in [7, 11) is 0. The van der Waals surface area contributed by atoms with Crippen molar-refractivity contribution in [1.29, 1.82) is 0 Å². The SMILES string of the molecule is C=CCC(CO)(CC=O)[C](CC=O)CC=O. The van der Waals surface area contributed by atoms with E-state index in [1.807, 2.05) is 0 Å². The highest BCUT2D eigenvalue weighted by Crippen LogP contribution is 2.39. The summed E-state index contributed by atoms with van der Waals surface area (Å²) in [6.07, 6.45) is 4.26. The average Bonchev–Trinajstić information content (AvgIpc) is 2.28. The molecule has 4 nitrogen and oxygen atoms in total. The van der Waals surface area contributed by atoms with Crippen molar-refractivity contribution in [2.75, 3.05) is 6.61 Å². The summed E-state index contributed by atoms with van der Waals surface area (Å²) >= 11 is 0. The van der Waals surface area contributed by atoms with E-state index in [0.29, 0.717) is 31.2 Å². The summed E-state index contributed by atoms with van der Waals surface area (Å²) in [5.41, 5.74) is -0.814. The minimum atomic E-state index is -0.814. The van der Waals surface area contributed by atoms with Crippen LogP contribution in [0, 0.1) is 11.3 Å². The molecule has 1 radical (unpaired) electrons. The lowest BCUT2D eigenvalue weighted by atomic mass is 9.69. The predicted molar refractivity (Wildman–Crippen MR) is 59.6 cm³/mol. The van der Waals surface area contributed by atoms with Crippen LogP contribution in [0.3, 0.4) is 0 Å². The molecule has 89 valence electrons. The van der Waals surface area contributed by atoms with Crippen LogP contribution in [0.25, 0.3) is 0 Å². The Hall–Kier alpha value is -1.29. The van der Waals surface area contributed by atoms with E-state index in [0.717, 1.165) is 0 Å². The molecular weight excluding hydrogens is 208 g/mol. The molecule has 0 spiro atoms. The van der Waals surface area contributed by atoms with Crippen molar-refractivity contribution in [2.45, 2.75) is 25.7 Å². The largest absolute Gasteiger partial charge is 0.396 e. The van der Waals surface area contributed by atoms with Crippen molar-refractivity contribution in [1.82, 2.24) is 0 Å². The second kappa shape index (κ2) is 7.93. The Labute approximate surface area is 95.3 Å². The summed E-state index contributed by atoms with van der Waals surface area (Å²) in [6.45, 7) is 3.29. The van der Waals surface area contributed by atoms with Crippen LogP contribution in [0.1, 0.15) is 25.7 Å². The Bertz CT molecular complexity index is 227. The maximum absolute atomic E-state index is 10.6. The molecule has 0 aliphatic heterocycles. The third kappa shape index (κ3) is 3.70. The Morgan fingerprint density at radius 1 is 1.06 bits per heavy atom. The molecule has 0 saturated carbocycles. The van der Waals surface area contributed by atoms with Crippen molar-refractivity contribution in [3.05, 3.63) is 18.6 Å². The van der Waals surface area contributed by atoms with Gasteiger partial charge in [0.15, 0.2) is 0 Å². The van der Waals surface area contributed by atoms with Gasteiger partial charge in [0.25, 0.3) is 0 Å². The van der Waals surface area contributed by atoms with Crippen LogP contribution in [0.4, 0.5) is 0 Å². The lowest BCUT2D eigenvalue weighted by molar-refractivity contribution is -0.113. The molecule has 0 fully saturated rings. The van der Waals surface area contributed by atoms with Crippen molar-refractivity contribution >= 4 is 18.9 Å². The first-order chi connectivity index (χ1) is 7.70. The molecule has 0 rings (SSSR count). The van der Waals surface area contributed by atoms with E-state index in [1.54, 1.807) is 6.08 Å². The zero-order valence-electron chi connectivity index (χ0n) is 9.22. The predicted octanol–water partition coefficient (Wildman–Crippen LogP) is 0.883. The molecule has 4 heteroatoms. The van der Waals surface area contributed by atoms with Gasteiger partial charge < -0.3 is 19.5 Å². The Morgan fingerprint density at radius 3 is 1.94 bits per heavy atom. The molecule has 1 unspecified atom stereocenters. The molecule has 0 aliphatic carbocycles. The number of carbonyl (C=O) groups is 3. The highest BCUT2D eigenvalue weighted by molar-refractivity contribution is 5.62. The molecular formula is C12H17O4. The van der Waals surface area contributed by atoms with Gasteiger partial charge in [0.1, 0.15) is 18.9 Å². The summed E-state index contributed by atoms with van der Waals surface area (Å²) in [5.74, 6) is 0.590. The number of aldehydes is 3. The van der Waals surface area contributed by atoms with Gasteiger partial charge >= 0.3 is 0 Å². The van der Waals surface area contributed by atoms with Gasteiger partial charge in [-0.15, -0.1) is 6.58 Å². The van der Waals surface area contributed by atoms with Crippen molar-refractivity contribution in [3.8, 4) is 0 Å².